The second-order valence-electron chi connectivity index (χ2n) is 4.88. The summed E-state index contributed by atoms with van der Waals surface area (Å²) in [5, 5.41) is 6.03. The minimum absolute atomic E-state index is 0.0165. The predicted molar refractivity (Wildman–Crippen MR) is 89.7 cm³/mol. The van der Waals surface area contributed by atoms with E-state index < -0.39 is 0 Å². The first kappa shape index (κ1) is 15.6. The van der Waals surface area contributed by atoms with Crippen molar-refractivity contribution < 1.29 is 4.79 Å². The van der Waals surface area contributed by atoms with Gasteiger partial charge in [-0.1, -0.05) is 29.8 Å². The molecule has 2 aromatic carbocycles. The minimum atomic E-state index is 0.0165. The van der Waals surface area contributed by atoms with E-state index in [1.807, 2.05) is 50.4 Å². The lowest BCUT2D eigenvalue weighted by atomic mass is 10.2. The van der Waals surface area contributed by atoms with E-state index in [1.165, 1.54) is 11.1 Å². The van der Waals surface area contributed by atoms with E-state index >= 15 is 0 Å². The second kappa shape index (κ2) is 7.86. The van der Waals surface area contributed by atoms with Gasteiger partial charge in [0, 0.05) is 17.1 Å². The Kier molecular flexibility index (Phi) is 5.84. The van der Waals surface area contributed by atoms with Crippen LogP contribution in [0.2, 0.25) is 0 Å². The van der Waals surface area contributed by atoms with Gasteiger partial charge in [0.15, 0.2) is 0 Å². The van der Waals surface area contributed by atoms with Crippen molar-refractivity contribution in [3.05, 3.63) is 59.7 Å². The summed E-state index contributed by atoms with van der Waals surface area (Å²) >= 11 is 1.55. The molecular weight excluding hydrogens is 280 g/mol. The third kappa shape index (κ3) is 5.25. The maximum absolute atomic E-state index is 11.9. The number of benzene rings is 2. The molecule has 4 heteroatoms. The Labute approximate surface area is 130 Å². The largest absolute Gasteiger partial charge is 0.325 e. The van der Waals surface area contributed by atoms with Gasteiger partial charge >= 0.3 is 0 Å². The van der Waals surface area contributed by atoms with Crippen molar-refractivity contribution in [1.82, 2.24) is 5.32 Å². The standard InChI is InChI=1S/C17H20N2OS/c1-13-6-8-15(9-7-13)19-17(20)12-21-16-5-3-4-14(10-16)11-18-2/h3-10,18H,11-12H2,1-2H3,(H,19,20). The van der Waals surface area contributed by atoms with E-state index in [4.69, 9.17) is 0 Å². The van der Waals surface area contributed by atoms with Gasteiger partial charge in [-0.2, -0.15) is 0 Å². The van der Waals surface area contributed by atoms with Gasteiger partial charge in [-0.15, -0.1) is 11.8 Å². The summed E-state index contributed by atoms with van der Waals surface area (Å²) < 4.78 is 0. The Morgan fingerprint density at radius 1 is 1.14 bits per heavy atom. The molecule has 0 atom stereocenters. The summed E-state index contributed by atoms with van der Waals surface area (Å²) in [7, 11) is 1.93. The number of anilines is 1. The number of carbonyl (C=O) groups is 1. The Morgan fingerprint density at radius 3 is 2.62 bits per heavy atom. The van der Waals surface area contributed by atoms with Crippen LogP contribution in [0.4, 0.5) is 5.69 Å². The molecular formula is C17H20N2OS. The first-order valence-electron chi connectivity index (χ1n) is 6.90. The Balaban J connectivity index is 1.86. The van der Waals surface area contributed by atoms with Crippen molar-refractivity contribution in [3.8, 4) is 0 Å². The van der Waals surface area contributed by atoms with Gasteiger partial charge in [-0.25, -0.2) is 0 Å². The van der Waals surface area contributed by atoms with Crippen molar-refractivity contribution in [1.29, 1.82) is 0 Å². The summed E-state index contributed by atoms with van der Waals surface area (Å²) in [4.78, 5) is 13.0. The lowest BCUT2D eigenvalue weighted by molar-refractivity contribution is -0.113. The van der Waals surface area contributed by atoms with Crippen LogP contribution in [0.1, 0.15) is 11.1 Å². The molecule has 0 fully saturated rings. The van der Waals surface area contributed by atoms with E-state index in [0.717, 1.165) is 17.1 Å². The summed E-state index contributed by atoms with van der Waals surface area (Å²) in [6, 6.07) is 16.1. The number of hydrogen-bond acceptors (Lipinski definition) is 3. The first-order chi connectivity index (χ1) is 10.2. The van der Waals surface area contributed by atoms with Gasteiger partial charge in [0.1, 0.15) is 0 Å². The van der Waals surface area contributed by atoms with Crippen molar-refractivity contribution in [2.45, 2.75) is 18.4 Å². The lowest BCUT2D eigenvalue weighted by Crippen LogP contribution is -2.13. The molecule has 2 rings (SSSR count). The fourth-order valence-corrected chi connectivity index (χ4v) is 2.71. The van der Waals surface area contributed by atoms with E-state index in [9.17, 15) is 4.79 Å². The second-order valence-corrected chi connectivity index (χ2v) is 5.93. The van der Waals surface area contributed by atoms with E-state index in [2.05, 4.69) is 22.8 Å². The molecule has 0 saturated heterocycles. The maximum Gasteiger partial charge on any atom is 0.234 e. The first-order valence-corrected chi connectivity index (χ1v) is 7.89. The van der Waals surface area contributed by atoms with Crippen LogP contribution in [0.3, 0.4) is 0 Å². The number of amides is 1. The Bertz CT molecular complexity index is 596. The highest BCUT2D eigenvalue weighted by molar-refractivity contribution is 8.00. The van der Waals surface area contributed by atoms with Crippen LogP contribution < -0.4 is 10.6 Å². The average Bonchev–Trinajstić information content (AvgIpc) is 2.48. The van der Waals surface area contributed by atoms with Crippen LogP contribution >= 0.6 is 11.8 Å². The van der Waals surface area contributed by atoms with Gasteiger partial charge in [0.05, 0.1) is 5.75 Å². The zero-order chi connectivity index (χ0) is 15.1. The molecule has 0 saturated carbocycles. The van der Waals surface area contributed by atoms with Crippen molar-refractivity contribution >= 4 is 23.4 Å². The number of rotatable bonds is 6. The summed E-state index contributed by atoms with van der Waals surface area (Å²) in [6.07, 6.45) is 0. The van der Waals surface area contributed by atoms with E-state index in [1.54, 1.807) is 11.8 Å². The van der Waals surface area contributed by atoms with Crippen LogP contribution in [0, 0.1) is 6.92 Å². The fourth-order valence-electron chi connectivity index (χ4n) is 1.93. The topological polar surface area (TPSA) is 41.1 Å². The van der Waals surface area contributed by atoms with Crippen LogP contribution in [-0.4, -0.2) is 18.7 Å². The third-order valence-corrected chi connectivity index (χ3v) is 3.98. The van der Waals surface area contributed by atoms with Crippen LogP contribution in [-0.2, 0) is 11.3 Å². The molecule has 1 amide bonds. The Morgan fingerprint density at radius 2 is 1.90 bits per heavy atom. The van der Waals surface area contributed by atoms with Gasteiger partial charge in [0.25, 0.3) is 0 Å². The number of thioether (sulfide) groups is 1. The van der Waals surface area contributed by atoms with Crippen molar-refractivity contribution in [3.63, 3.8) is 0 Å². The number of nitrogens with one attached hydrogen (secondary N) is 2. The molecule has 0 aliphatic carbocycles. The molecule has 0 aromatic heterocycles. The molecule has 0 spiro atoms. The molecule has 0 unspecified atom stereocenters. The van der Waals surface area contributed by atoms with Crippen molar-refractivity contribution in [2.24, 2.45) is 0 Å². The molecule has 0 aliphatic heterocycles. The molecule has 21 heavy (non-hydrogen) atoms. The SMILES string of the molecule is CNCc1cccc(SCC(=O)Nc2ccc(C)cc2)c1. The van der Waals surface area contributed by atoms with Crippen LogP contribution in [0.25, 0.3) is 0 Å². The molecule has 0 radical (unpaired) electrons. The zero-order valence-electron chi connectivity index (χ0n) is 12.3. The molecule has 2 N–H and O–H groups in total. The van der Waals surface area contributed by atoms with E-state index in [0.29, 0.717) is 5.75 Å². The number of hydrogen-bond donors (Lipinski definition) is 2. The normalized spacial score (nSPS) is 10.4. The quantitative estimate of drug-likeness (QED) is 0.803. The van der Waals surface area contributed by atoms with Gasteiger partial charge in [-0.3, -0.25) is 4.79 Å². The molecule has 2 aromatic rings. The Hall–Kier alpha value is -1.78. The average molecular weight is 300 g/mol. The molecule has 0 heterocycles. The molecule has 3 nitrogen and oxygen atoms in total. The van der Waals surface area contributed by atoms with Crippen LogP contribution in [0.15, 0.2) is 53.4 Å². The number of carbonyl (C=O) groups excluding carboxylic acids is 1. The van der Waals surface area contributed by atoms with Gasteiger partial charge in [0.2, 0.25) is 5.91 Å². The third-order valence-electron chi connectivity index (χ3n) is 2.98. The minimum Gasteiger partial charge on any atom is -0.325 e. The zero-order valence-corrected chi connectivity index (χ0v) is 13.2. The highest BCUT2D eigenvalue weighted by Gasteiger charge is 2.04. The van der Waals surface area contributed by atoms with E-state index in [-0.39, 0.29) is 5.91 Å². The smallest absolute Gasteiger partial charge is 0.234 e. The summed E-state index contributed by atoms with van der Waals surface area (Å²) in [5.41, 5.74) is 3.25. The van der Waals surface area contributed by atoms with Crippen LogP contribution in [0.5, 0.6) is 0 Å². The predicted octanol–water partition coefficient (Wildman–Crippen LogP) is 3.45. The fraction of sp³-hybridized carbons (Fsp3) is 0.235. The number of aryl methyl sites for hydroxylation is 1. The van der Waals surface area contributed by atoms with Crippen molar-refractivity contribution in [2.75, 3.05) is 18.1 Å². The summed E-state index contributed by atoms with van der Waals surface area (Å²) in [6.45, 7) is 2.86. The van der Waals surface area contributed by atoms with Gasteiger partial charge in [-0.05, 0) is 43.8 Å². The highest BCUT2D eigenvalue weighted by atomic mass is 32.2. The maximum atomic E-state index is 11.9. The lowest BCUT2D eigenvalue weighted by Gasteiger charge is -2.07. The monoisotopic (exact) mass is 300 g/mol. The molecule has 110 valence electrons. The molecule has 0 bridgehead atoms. The summed E-state index contributed by atoms with van der Waals surface area (Å²) in [5.74, 6) is 0.430. The highest BCUT2D eigenvalue weighted by Crippen LogP contribution is 2.19. The molecule has 0 aliphatic rings. The van der Waals surface area contributed by atoms with Gasteiger partial charge < -0.3 is 10.6 Å².